The average Bonchev–Trinajstić information content (AvgIpc) is 2.98. The molecule has 0 radical (unpaired) electrons. The minimum absolute atomic E-state index is 0. The Morgan fingerprint density at radius 1 is 1.10 bits per heavy atom. The van der Waals surface area contributed by atoms with Crippen LogP contribution in [0.1, 0.15) is 69.0 Å². The number of rotatable bonds is 2. The Bertz CT molecular complexity index is 460. The van der Waals surface area contributed by atoms with Gasteiger partial charge in [-0.3, -0.25) is 0 Å². The Hall–Kier alpha value is -0.750. The van der Waals surface area contributed by atoms with Gasteiger partial charge in [0, 0.05) is 6.42 Å². The van der Waals surface area contributed by atoms with Crippen LogP contribution in [0, 0.1) is 0 Å². The molecular weight excluding hydrogens is 288 g/mol. The van der Waals surface area contributed by atoms with Crippen LogP contribution >= 0.6 is 12.4 Å². The van der Waals surface area contributed by atoms with Crippen molar-refractivity contribution in [1.29, 1.82) is 0 Å². The summed E-state index contributed by atoms with van der Waals surface area (Å²) in [6.45, 7) is 0. The standard InChI is InChI=1S/C13H19F2N3O.ClH/c14-13(15)8-2-1-5-9(13)10-17-11(18-19-10)12(16)6-3-4-7-12;/h9H,1-8,16H2;1H. The molecule has 1 unspecified atom stereocenters. The highest BCUT2D eigenvalue weighted by molar-refractivity contribution is 5.85. The largest absolute Gasteiger partial charge is 0.339 e. The summed E-state index contributed by atoms with van der Waals surface area (Å²) in [4.78, 5) is 4.20. The van der Waals surface area contributed by atoms with Crippen LogP contribution in [0.3, 0.4) is 0 Å². The molecule has 1 atom stereocenters. The topological polar surface area (TPSA) is 64.9 Å². The van der Waals surface area contributed by atoms with E-state index in [0.29, 0.717) is 18.7 Å². The van der Waals surface area contributed by atoms with Gasteiger partial charge >= 0.3 is 0 Å². The second-order valence-electron chi connectivity index (χ2n) is 5.88. The van der Waals surface area contributed by atoms with Crippen LogP contribution in [-0.2, 0) is 5.54 Å². The first-order valence-electron chi connectivity index (χ1n) is 7.02. The van der Waals surface area contributed by atoms with Gasteiger partial charge in [-0.25, -0.2) is 8.78 Å². The van der Waals surface area contributed by atoms with Crippen molar-refractivity contribution in [2.45, 2.75) is 68.7 Å². The molecule has 4 nitrogen and oxygen atoms in total. The predicted molar refractivity (Wildman–Crippen MR) is 72.0 cm³/mol. The number of alkyl halides is 2. The molecule has 20 heavy (non-hydrogen) atoms. The Morgan fingerprint density at radius 2 is 1.75 bits per heavy atom. The Labute approximate surface area is 122 Å². The van der Waals surface area contributed by atoms with E-state index in [0.717, 1.165) is 32.1 Å². The summed E-state index contributed by atoms with van der Waals surface area (Å²) in [5.74, 6) is -3.20. The number of nitrogens with zero attached hydrogens (tertiary/aromatic N) is 2. The van der Waals surface area contributed by atoms with Gasteiger partial charge in [0.15, 0.2) is 5.82 Å². The fourth-order valence-corrected chi connectivity index (χ4v) is 3.21. The average molecular weight is 308 g/mol. The summed E-state index contributed by atoms with van der Waals surface area (Å²) in [5.41, 5.74) is 5.64. The van der Waals surface area contributed by atoms with E-state index >= 15 is 0 Å². The van der Waals surface area contributed by atoms with Crippen LogP contribution in [0.25, 0.3) is 0 Å². The first-order valence-corrected chi connectivity index (χ1v) is 7.02. The molecule has 3 rings (SSSR count). The van der Waals surface area contributed by atoms with E-state index in [-0.39, 0.29) is 24.7 Å². The van der Waals surface area contributed by atoms with Crippen molar-refractivity contribution < 1.29 is 13.3 Å². The van der Waals surface area contributed by atoms with Gasteiger partial charge in [-0.2, -0.15) is 4.98 Å². The number of halogens is 3. The van der Waals surface area contributed by atoms with E-state index in [1.165, 1.54) is 0 Å². The zero-order valence-corrected chi connectivity index (χ0v) is 12.1. The van der Waals surface area contributed by atoms with Gasteiger partial charge in [0.1, 0.15) is 5.92 Å². The van der Waals surface area contributed by atoms with E-state index in [9.17, 15) is 8.78 Å². The van der Waals surface area contributed by atoms with Gasteiger partial charge in [-0.1, -0.05) is 24.4 Å². The second kappa shape index (κ2) is 5.56. The minimum atomic E-state index is -2.74. The highest BCUT2D eigenvalue weighted by Gasteiger charge is 2.46. The van der Waals surface area contributed by atoms with Gasteiger partial charge in [0.05, 0.1) is 5.54 Å². The summed E-state index contributed by atoms with van der Waals surface area (Å²) >= 11 is 0. The van der Waals surface area contributed by atoms with Gasteiger partial charge in [0.25, 0.3) is 5.92 Å². The van der Waals surface area contributed by atoms with Crippen LogP contribution < -0.4 is 5.73 Å². The molecule has 2 fully saturated rings. The molecule has 0 aliphatic heterocycles. The van der Waals surface area contributed by atoms with Gasteiger partial charge in [0.2, 0.25) is 5.89 Å². The van der Waals surface area contributed by atoms with Crippen LogP contribution in [0.4, 0.5) is 8.78 Å². The van der Waals surface area contributed by atoms with Gasteiger partial charge in [-0.05, 0) is 25.7 Å². The molecule has 114 valence electrons. The molecule has 0 saturated heterocycles. The maximum absolute atomic E-state index is 13.9. The van der Waals surface area contributed by atoms with Crippen molar-refractivity contribution in [3.05, 3.63) is 11.7 Å². The normalized spacial score (nSPS) is 28.1. The quantitative estimate of drug-likeness (QED) is 0.908. The molecule has 1 heterocycles. The number of nitrogens with two attached hydrogens (primary N) is 1. The lowest BCUT2D eigenvalue weighted by Gasteiger charge is -2.28. The lowest BCUT2D eigenvalue weighted by atomic mass is 9.85. The minimum Gasteiger partial charge on any atom is -0.339 e. The third kappa shape index (κ3) is 2.68. The number of aromatic nitrogens is 2. The molecule has 1 aromatic rings. The van der Waals surface area contributed by atoms with Gasteiger partial charge in [-0.15, -0.1) is 12.4 Å². The van der Waals surface area contributed by atoms with Crippen LogP contribution in [0.5, 0.6) is 0 Å². The maximum Gasteiger partial charge on any atom is 0.259 e. The molecular formula is C13H20ClF2N3O. The fourth-order valence-electron chi connectivity index (χ4n) is 3.21. The monoisotopic (exact) mass is 307 g/mol. The summed E-state index contributed by atoms with van der Waals surface area (Å²) in [7, 11) is 0. The molecule has 2 N–H and O–H groups in total. The summed E-state index contributed by atoms with van der Waals surface area (Å²) in [5, 5.41) is 3.87. The maximum atomic E-state index is 13.9. The zero-order chi connectivity index (χ0) is 13.5. The summed E-state index contributed by atoms with van der Waals surface area (Å²) in [6, 6.07) is 0. The zero-order valence-electron chi connectivity index (χ0n) is 11.3. The van der Waals surface area contributed by atoms with Crippen molar-refractivity contribution in [1.82, 2.24) is 10.1 Å². The first kappa shape index (κ1) is 15.6. The molecule has 7 heteroatoms. The van der Waals surface area contributed by atoms with Gasteiger partial charge < -0.3 is 10.3 Å². The molecule has 0 spiro atoms. The third-order valence-corrected chi connectivity index (χ3v) is 4.44. The van der Waals surface area contributed by atoms with Crippen molar-refractivity contribution >= 4 is 12.4 Å². The second-order valence-corrected chi connectivity index (χ2v) is 5.88. The van der Waals surface area contributed by atoms with Crippen LogP contribution in [0.2, 0.25) is 0 Å². The van der Waals surface area contributed by atoms with Crippen LogP contribution in [-0.4, -0.2) is 16.1 Å². The SMILES string of the molecule is Cl.NC1(c2noc(C3CCCCC3(F)F)n2)CCCC1. The highest BCUT2D eigenvalue weighted by Crippen LogP contribution is 2.44. The molecule has 0 amide bonds. The molecule has 2 aliphatic carbocycles. The highest BCUT2D eigenvalue weighted by atomic mass is 35.5. The lowest BCUT2D eigenvalue weighted by molar-refractivity contribution is -0.0630. The molecule has 1 aromatic heterocycles. The molecule has 2 saturated carbocycles. The van der Waals surface area contributed by atoms with E-state index in [1.807, 2.05) is 0 Å². The smallest absolute Gasteiger partial charge is 0.259 e. The Balaban J connectivity index is 0.00000147. The predicted octanol–water partition coefficient (Wildman–Crippen LogP) is 3.51. The van der Waals surface area contributed by atoms with E-state index in [2.05, 4.69) is 10.1 Å². The summed E-state index contributed by atoms with van der Waals surface area (Å²) < 4.78 is 32.9. The fraction of sp³-hybridized carbons (Fsp3) is 0.846. The van der Waals surface area contributed by atoms with Crippen LogP contribution in [0.15, 0.2) is 4.52 Å². The first-order chi connectivity index (χ1) is 9.01. The third-order valence-electron chi connectivity index (χ3n) is 4.44. The van der Waals surface area contributed by atoms with E-state index in [1.54, 1.807) is 0 Å². The van der Waals surface area contributed by atoms with Crippen molar-refractivity contribution in [2.24, 2.45) is 5.73 Å². The summed E-state index contributed by atoms with van der Waals surface area (Å²) in [6.07, 6.45) is 5.31. The Morgan fingerprint density at radius 3 is 2.40 bits per heavy atom. The van der Waals surface area contributed by atoms with Crippen molar-refractivity contribution in [3.8, 4) is 0 Å². The lowest BCUT2D eigenvalue weighted by Crippen LogP contribution is -2.35. The van der Waals surface area contributed by atoms with E-state index in [4.69, 9.17) is 10.3 Å². The Kier molecular flexibility index (Phi) is 4.35. The molecule has 0 bridgehead atoms. The molecule has 2 aliphatic rings. The molecule has 0 aromatic carbocycles. The van der Waals surface area contributed by atoms with Crippen molar-refractivity contribution in [3.63, 3.8) is 0 Å². The van der Waals surface area contributed by atoms with Crippen molar-refractivity contribution in [2.75, 3.05) is 0 Å². The number of hydrogen-bond donors (Lipinski definition) is 1. The number of hydrogen-bond acceptors (Lipinski definition) is 4. The van der Waals surface area contributed by atoms with E-state index < -0.39 is 17.4 Å².